The molecule has 1 atom stereocenters. The normalized spacial score (nSPS) is 16.5. The van der Waals surface area contributed by atoms with Crippen LogP contribution in [0, 0.1) is 13.8 Å². The van der Waals surface area contributed by atoms with Crippen molar-refractivity contribution in [2.24, 2.45) is 0 Å². The molecule has 28 heavy (non-hydrogen) atoms. The summed E-state index contributed by atoms with van der Waals surface area (Å²) >= 11 is 6.27. The zero-order valence-corrected chi connectivity index (χ0v) is 17.0. The second kappa shape index (κ2) is 7.39. The molecule has 7 nitrogen and oxygen atoms in total. The van der Waals surface area contributed by atoms with Crippen LogP contribution in [0.25, 0.3) is 0 Å². The lowest BCUT2D eigenvalue weighted by atomic mass is 10.1. The molecule has 4 rings (SSSR count). The van der Waals surface area contributed by atoms with Crippen molar-refractivity contribution in [1.82, 2.24) is 29.9 Å². The number of carbonyl (C=O) groups excluding carboxylic acids is 1. The molecule has 1 amide bonds. The fourth-order valence-electron chi connectivity index (χ4n) is 3.85. The molecule has 8 heteroatoms. The molecule has 0 radical (unpaired) electrons. The van der Waals surface area contributed by atoms with Gasteiger partial charge in [0.1, 0.15) is 11.9 Å². The summed E-state index contributed by atoms with van der Waals surface area (Å²) in [6.07, 6.45) is 1.53. The van der Waals surface area contributed by atoms with E-state index in [-0.39, 0.29) is 11.9 Å². The predicted octanol–water partition coefficient (Wildman–Crippen LogP) is 3.16. The Kier molecular flexibility index (Phi) is 4.93. The van der Waals surface area contributed by atoms with Crippen molar-refractivity contribution in [2.45, 2.75) is 52.7 Å². The summed E-state index contributed by atoms with van der Waals surface area (Å²) < 4.78 is 1.98. The number of H-pyrrole nitrogens is 1. The van der Waals surface area contributed by atoms with Crippen molar-refractivity contribution in [1.29, 1.82) is 0 Å². The number of fused-ring (bicyclic) bond motifs is 1. The third kappa shape index (κ3) is 3.30. The molecule has 1 aliphatic heterocycles. The van der Waals surface area contributed by atoms with Crippen molar-refractivity contribution < 1.29 is 4.79 Å². The highest BCUT2D eigenvalue weighted by molar-refractivity contribution is 6.31. The lowest BCUT2D eigenvalue weighted by Gasteiger charge is -2.32. The van der Waals surface area contributed by atoms with Crippen molar-refractivity contribution in [3.63, 3.8) is 0 Å². The van der Waals surface area contributed by atoms with Crippen molar-refractivity contribution >= 4 is 17.5 Å². The number of aryl methyl sites for hydroxylation is 3. The number of hydrogen-bond donors (Lipinski definition) is 1. The Labute approximate surface area is 168 Å². The number of nitrogens with one attached hydrogen (secondary N) is 1. The third-order valence-corrected chi connectivity index (χ3v) is 5.79. The van der Waals surface area contributed by atoms with Gasteiger partial charge in [-0.1, -0.05) is 29.8 Å². The number of rotatable bonds is 5. The average Bonchev–Trinajstić information content (AvgIpc) is 3.22. The van der Waals surface area contributed by atoms with Gasteiger partial charge in [-0.05, 0) is 44.4 Å². The summed E-state index contributed by atoms with van der Waals surface area (Å²) in [6.45, 7) is 6.83. The maximum Gasteiger partial charge on any atom is 0.246 e. The van der Waals surface area contributed by atoms with E-state index < -0.39 is 0 Å². The van der Waals surface area contributed by atoms with Gasteiger partial charge in [-0.25, -0.2) is 0 Å². The number of hydrogen-bond acceptors (Lipinski definition) is 4. The summed E-state index contributed by atoms with van der Waals surface area (Å²) in [5.74, 6) is 1.71. The summed E-state index contributed by atoms with van der Waals surface area (Å²) in [4.78, 5) is 14.8. The van der Waals surface area contributed by atoms with Crippen LogP contribution in [-0.4, -0.2) is 35.8 Å². The Balaban J connectivity index is 1.54. The second-order valence-electron chi connectivity index (χ2n) is 7.28. The van der Waals surface area contributed by atoms with E-state index in [1.807, 2.05) is 49.6 Å². The minimum absolute atomic E-state index is 0.0594. The Bertz CT molecular complexity index is 1000. The van der Waals surface area contributed by atoms with Gasteiger partial charge in [-0.15, -0.1) is 10.2 Å². The highest BCUT2D eigenvalue weighted by Crippen LogP contribution is 2.27. The molecule has 0 saturated carbocycles. The number of carbonyl (C=O) groups is 1. The minimum atomic E-state index is -0.331. The van der Waals surface area contributed by atoms with Gasteiger partial charge in [0, 0.05) is 23.7 Å². The van der Waals surface area contributed by atoms with Gasteiger partial charge in [0.05, 0.1) is 12.2 Å². The van der Waals surface area contributed by atoms with Gasteiger partial charge < -0.3 is 9.47 Å². The highest BCUT2D eigenvalue weighted by Gasteiger charge is 2.33. The first-order chi connectivity index (χ1) is 13.5. The van der Waals surface area contributed by atoms with Crippen LogP contribution in [0.1, 0.15) is 47.1 Å². The zero-order chi connectivity index (χ0) is 19.8. The molecular weight excluding hydrogens is 376 g/mol. The molecule has 2 aromatic heterocycles. The number of benzene rings is 1. The zero-order valence-electron chi connectivity index (χ0n) is 16.2. The number of amides is 1. The lowest BCUT2D eigenvalue weighted by Crippen LogP contribution is -2.41. The molecule has 3 aromatic rings. The van der Waals surface area contributed by atoms with E-state index in [9.17, 15) is 4.79 Å². The molecule has 0 unspecified atom stereocenters. The molecule has 146 valence electrons. The maximum absolute atomic E-state index is 13.0. The molecule has 0 aliphatic carbocycles. The molecule has 0 saturated heterocycles. The average molecular weight is 399 g/mol. The molecule has 1 aromatic carbocycles. The summed E-state index contributed by atoms with van der Waals surface area (Å²) in [7, 11) is 0. The molecule has 0 bridgehead atoms. The quantitative estimate of drug-likeness (QED) is 0.715. The van der Waals surface area contributed by atoms with E-state index in [4.69, 9.17) is 11.6 Å². The van der Waals surface area contributed by atoms with Crippen LogP contribution in [0.2, 0.25) is 5.02 Å². The van der Waals surface area contributed by atoms with Crippen molar-refractivity contribution in [3.05, 3.63) is 63.5 Å². The number of halogens is 1. The van der Waals surface area contributed by atoms with E-state index in [1.54, 1.807) is 4.90 Å². The summed E-state index contributed by atoms with van der Waals surface area (Å²) in [5, 5.41) is 16.7. The first-order valence-corrected chi connectivity index (χ1v) is 9.78. The Morgan fingerprint density at radius 1 is 1.21 bits per heavy atom. The monoisotopic (exact) mass is 398 g/mol. The van der Waals surface area contributed by atoms with Crippen LogP contribution in [-0.2, 0) is 30.7 Å². The van der Waals surface area contributed by atoms with Gasteiger partial charge in [-0.2, -0.15) is 5.10 Å². The number of aromatic amines is 1. The van der Waals surface area contributed by atoms with Gasteiger partial charge in [0.2, 0.25) is 5.91 Å². The van der Waals surface area contributed by atoms with Gasteiger partial charge >= 0.3 is 0 Å². The van der Waals surface area contributed by atoms with Crippen LogP contribution >= 0.6 is 11.6 Å². The molecule has 3 heterocycles. The van der Waals surface area contributed by atoms with Crippen molar-refractivity contribution in [3.8, 4) is 0 Å². The maximum atomic E-state index is 13.0. The molecule has 0 fully saturated rings. The first-order valence-electron chi connectivity index (χ1n) is 9.41. The van der Waals surface area contributed by atoms with Crippen LogP contribution in [0.5, 0.6) is 0 Å². The van der Waals surface area contributed by atoms with E-state index in [1.165, 1.54) is 5.56 Å². The van der Waals surface area contributed by atoms with Crippen molar-refractivity contribution in [2.75, 3.05) is 0 Å². The highest BCUT2D eigenvalue weighted by atomic mass is 35.5. The van der Waals surface area contributed by atoms with Crippen LogP contribution < -0.4 is 0 Å². The summed E-state index contributed by atoms with van der Waals surface area (Å²) in [5.41, 5.74) is 4.22. The third-order valence-electron chi connectivity index (χ3n) is 5.42. The predicted molar refractivity (Wildman–Crippen MR) is 106 cm³/mol. The Morgan fingerprint density at radius 3 is 2.71 bits per heavy atom. The summed E-state index contributed by atoms with van der Waals surface area (Å²) in [6, 6.07) is 7.27. The van der Waals surface area contributed by atoms with Crippen LogP contribution in [0.3, 0.4) is 0 Å². The minimum Gasteiger partial charge on any atom is -0.329 e. The Hall–Kier alpha value is -2.67. The molecule has 1 aliphatic rings. The Morgan fingerprint density at radius 2 is 2.00 bits per heavy atom. The van der Waals surface area contributed by atoms with Gasteiger partial charge in [-0.3, -0.25) is 9.89 Å². The molecule has 1 N–H and O–H groups in total. The topological polar surface area (TPSA) is 79.7 Å². The molecule has 0 spiro atoms. The van der Waals surface area contributed by atoms with Crippen LogP contribution in [0.15, 0.2) is 24.3 Å². The smallest absolute Gasteiger partial charge is 0.246 e. The van der Waals surface area contributed by atoms with E-state index in [0.717, 1.165) is 41.4 Å². The van der Waals surface area contributed by atoms with E-state index in [0.29, 0.717) is 18.1 Å². The fraction of sp³-hybridized carbons (Fsp3) is 0.400. The van der Waals surface area contributed by atoms with Gasteiger partial charge in [0.15, 0.2) is 5.82 Å². The van der Waals surface area contributed by atoms with Crippen LogP contribution in [0.4, 0.5) is 0 Å². The largest absolute Gasteiger partial charge is 0.329 e. The van der Waals surface area contributed by atoms with E-state index in [2.05, 4.69) is 20.4 Å². The first kappa shape index (κ1) is 18.7. The fourth-order valence-corrected chi connectivity index (χ4v) is 4.05. The van der Waals surface area contributed by atoms with Gasteiger partial charge in [0.25, 0.3) is 0 Å². The molecular formula is C20H23ClN6O. The number of nitrogens with zero attached hydrogens (tertiary/aromatic N) is 5. The standard InChI is InChI=1S/C20H23ClN6O/c1-12-16(13(2)23-22-12)8-9-18-24-25-19-11-26(20(28)14(3)27(18)19)10-15-6-4-5-7-17(15)21/h4-7,14H,8-11H2,1-3H3,(H,22,23)/t14-/m0/s1. The second-order valence-corrected chi connectivity index (χ2v) is 7.68. The SMILES string of the molecule is Cc1n[nH]c(C)c1CCc1nnc2n1[C@@H](C)C(=O)N(Cc1ccccc1Cl)C2. The lowest BCUT2D eigenvalue weighted by molar-refractivity contribution is -0.137. The number of aromatic nitrogens is 5. The van der Waals surface area contributed by atoms with E-state index >= 15 is 0 Å².